The summed E-state index contributed by atoms with van der Waals surface area (Å²) in [4.78, 5) is 52.9. The van der Waals surface area contributed by atoms with E-state index in [-0.39, 0.29) is 5.91 Å². The van der Waals surface area contributed by atoms with Crippen LogP contribution in [0.2, 0.25) is 0 Å². The predicted molar refractivity (Wildman–Crippen MR) is 125 cm³/mol. The van der Waals surface area contributed by atoms with Crippen LogP contribution in [-0.2, 0) is 19.2 Å². The first-order chi connectivity index (χ1) is 15.4. The van der Waals surface area contributed by atoms with Crippen molar-refractivity contribution < 1.29 is 19.2 Å². The quantitative estimate of drug-likeness (QED) is 0.428. The summed E-state index contributed by atoms with van der Waals surface area (Å²) in [5.41, 5.74) is 0.406. The van der Waals surface area contributed by atoms with Crippen LogP contribution in [0, 0.1) is 6.92 Å². The van der Waals surface area contributed by atoms with Crippen LogP contribution in [0.1, 0.15) is 63.9 Å². The maximum atomic E-state index is 12.4. The van der Waals surface area contributed by atoms with Crippen molar-refractivity contribution in [1.29, 1.82) is 0 Å². The fraction of sp³-hybridized carbons (Fsp3) is 0.625. The maximum absolute atomic E-state index is 12.4. The van der Waals surface area contributed by atoms with E-state index < -0.39 is 5.54 Å². The number of aldehydes is 1. The largest absolute Gasteiger partial charge is 0.334 e. The Morgan fingerprint density at radius 2 is 1.78 bits per heavy atom. The van der Waals surface area contributed by atoms with Crippen molar-refractivity contribution in [3.8, 4) is 0 Å². The summed E-state index contributed by atoms with van der Waals surface area (Å²) in [6, 6.07) is 1.70. The average Bonchev–Trinajstić information content (AvgIpc) is 3.47. The first-order valence-corrected chi connectivity index (χ1v) is 11.4. The Morgan fingerprint density at radius 1 is 1.12 bits per heavy atom. The molecular formula is C24H38N4O4. The van der Waals surface area contributed by atoms with Crippen LogP contribution < -0.4 is 4.90 Å². The molecule has 8 heteroatoms. The van der Waals surface area contributed by atoms with Crippen LogP contribution in [0.5, 0.6) is 0 Å². The average molecular weight is 447 g/mol. The molecule has 3 amide bonds. The van der Waals surface area contributed by atoms with Gasteiger partial charge in [-0.1, -0.05) is 19.8 Å². The molecule has 0 radical (unpaired) electrons. The van der Waals surface area contributed by atoms with Gasteiger partial charge in [0.25, 0.3) is 5.91 Å². The molecule has 1 aliphatic heterocycles. The van der Waals surface area contributed by atoms with Crippen LogP contribution in [0.4, 0.5) is 5.69 Å². The van der Waals surface area contributed by atoms with Gasteiger partial charge in [0.2, 0.25) is 12.8 Å². The van der Waals surface area contributed by atoms with Crippen LogP contribution >= 0.6 is 0 Å². The summed E-state index contributed by atoms with van der Waals surface area (Å²) in [7, 11) is 3.72. The lowest BCUT2D eigenvalue weighted by Crippen LogP contribution is -2.48. The van der Waals surface area contributed by atoms with Gasteiger partial charge in [-0.05, 0) is 70.8 Å². The lowest BCUT2D eigenvalue weighted by molar-refractivity contribution is -0.133. The number of likely N-dealkylation sites (N-methyl/N-ethyl adjacent to an activating group) is 1. The maximum Gasteiger partial charge on any atom is 0.259 e. The number of rotatable bonds is 9. The number of amides is 3. The first-order valence-electron chi connectivity index (χ1n) is 11.4. The molecule has 1 aromatic heterocycles. The molecule has 1 aromatic rings. The zero-order chi connectivity index (χ0) is 24.0. The van der Waals surface area contributed by atoms with Crippen molar-refractivity contribution in [2.75, 3.05) is 32.1 Å². The van der Waals surface area contributed by atoms with E-state index in [4.69, 9.17) is 0 Å². The third-order valence-corrected chi connectivity index (χ3v) is 5.67. The number of carbonyl (C=O) groups is 4. The van der Waals surface area contributed by atoms with Crippen molar-refractivity contribution in [1.82, 2.24) is 14.8 Å². The SMILES string of the molecule is CCCCCC=O.CN1CCCC1.Cc1cncc(N(C=O)C(=O)C2(N(C)C=O)CC2)c1. The van der Waals surface area contributed by atoms with Gasteiger partial charge in [0, 0.05) is 19.7 Å². The molecule has 2 heterocycles. The van der Waals surface area contributed by atoms with Gasteiger partial charge in [0.05, 0.1) is 11.9 Å². The Bertz CT molecular complexity index is 730. The second-order valence-electron chi connectivity index (χ2n) is 8.42. The minimum atomic E-state index is -0.869. The molecule has 0 unspecified atom stereocenters. The Morgan fingerprint density at radius 3 is 2.19 bits per heavy atom. The molecule has 32 heavy (non-hydrogen) atoms. The van der Waals surface area contributed by atoms with Gasteiger partial charge in [-0.2, -0.15) is 0 Å². The third-order valence-electron chi connectivity index (χ3n) is 5.67. The molecule has 0 atom stereocenters. The number of anilines is 1. The van der Waals surface area contributed by atoms with Crippen LogP contribution in [0.25, 0.3) is 0 Å². The molecule has 0 bridgehead atoms. The molecular weight excluding hydrogens is 408 g/mol. The highest BCUT2D eigenvalue weighted by atomic mass is 16.2. The normalized spacial score (nSPS) is 15.9. The van der Waals surface area contributed by atoms with Gasteiger partial charge in [0.1, 0.15) is 11.8 Å². The Kier molecular flexibility index (Phi) is 12.4. The van der Waals surface area contributed by atoms with Crippen LogP contribution in [-0.4, -0.2) is 72.5 Å². The van der Waals surface area contributed by atoms with E-state index in [0.29, 0.717) is 31.3 Å². The number of hydrogen-bond acceptors (Lipinski definition) is 6. The van der Waals surface area contributed by atoms with Crippen LogP contribution in [0.3, 0.4) is 0 Å². The second kappa shape index (κ2) is 14.5. The molecule has 1 aliphatic carbocycles. The first kappa shape index (κ1) is 27.4. The summed E-state index contributed by atoms with van der Waals surface area (Å²) in [5.74, 6) is -0.385. The summed E-state index contributed by atoms with van der Waals surface area (Å²) in [5, 5.41) is 0. The van der Waals surface area contributed by atoms with E-state index in [9.17, 15) is 19.2 Å². The second-order valence-corrected chi connectivity index (χ2v) is 8.42. The van der Waals surface area contributed by atoms with E-state index in [0.717, 1.165) is 29.6 Å². The molecule has 2 aliphatic rings. The van der Waals surface area contributed by atoms with Gasteiger partial charge in [-0.15, -0.1) is 0 Å². The van der Waals surface area contributed by atoms with Crippen molar-refractivity contribution in [3.05, 3.63) is 24.0 Å². The Balaban J connectivity index is 0.000000321. The summed E-state index contributed by atoms with van der Waals surface area (Å²) in [6.45, 7) is 6.60. The number of imide groups is 1. The van der Waals surface area contributed by atoms with Crippen molar-refractivity contribution >= 4 is 30.7 Å². The highest BCUT2D eigenvalue weighted by molar-refractivity contribution is 6.13. The Labute approximate surface area is 192 Å². The number of likely N-dealkylation sites (tertiary alicyclic amines) is 1. The monoisotopic (exact) mass is 446 g/mol. The zero-order valence-corrected chi connectivity index (χ0v) is 20.0. The van der Waals surface area contributed by atoms with E-state index in [1.807, 2.05) is 6.92 Å². The number of aromatic nitrogens is 1. The van der Waals surface area contributed by atoms with Crippen molar-refractivity contribution in [2.45, 2.75) is 70.8 Å². The highest BCUT2D eigenvalue weighted by Gasteiger charge is 2.55. The number of carbonyl (C=O) groups excluding carboxylic acids is 4. The third kappa shape index (κ3) is 8.49. The molecule has 1 saturated heterocycles. The van der Waals surface area contributed by atoms with E-state index >= 15 is 0 Å². The van der Waals surface area contributed by atoms with Crippen LogP contribution in [0.15, 0.2) is 18.5 Å². The standard InChI is InChI=1S/C13H15N3O3.C6H12O.C5H11N/c1-10-5-11(7-14-6-10)16(9-18)12(19)13(3-4-13)15(2)8-17;1-2-3-4-5-6-7;1-6-4-2-3-5-6/h5-9H,3-4H2,1-2H3;6H,2-5H2,1H3;2-5H2,1H3. The molecule has 178 valence electrons. The van der Waals surface area contributed by atoms with Crippen molar-refractivity contribution in [3.63, 3.8) is 0 Å². The topological polar surface area (TPSA) is 90.9 Å². The molecule has 0 aromatic carbocycles. The number of nitrogens with zero attached hydrogens (tertiary/aromatic N) is 4. The number of aryl methyl sites for hydroxylation is 1. The van der Waals surface area contributed by atoms with E-state index in [1.165, 1.54) is 49.9 Å². The van der Waals surface area contributed by atoms with Gasteiger partial charge >= 0.3 is 0 Å². The summed E-state index contributed by atoms with van der Waals surface area (Å²) < 4.78 is 0. The van der Waals surface area contributed by atoms with Gasteiger partial charge < -0.3 is 14.6 Å². The lowest BCUT2D eigenvalue weighted by atomic mass is 10.2. The number of hydrogen-bond donors (Lipinski definition) is 0. The molecule has 1 saturated carbocycles. The van der Waals surface area contributed by atoms with Gasteiger partial charge in [-0.3, -0.25) is 19.4 Å². The zero-order valence-electron chi connectivity index (χ0n) is 20.0. The fourth-order valence-electron chi connectivity index (χ4n) is 3.41. The molecule has 0 N–H and O–H groups in total. The Hall–Kier alpha value is -2.61. The number of pyridine rings is 1. The van der Waals surface area contributed by atoms with E-state index in [1.54, 1.807) is 19.3 Å². The molecule has 8 nitrogen and oxygen atoms in total. The number of unbranched alkanes of at least 4 members (excludes halogenated alkanes) is 3. The minimum absolute atomic E-state index is 0.385. The summed E-state index contributed by atoms with van der Waals surface area (Å²) >= 11 is 0. The fourth-order valence-corrected chi connectivity index (χ4v) is 3.41. The van der Waals surface area contributed by atoms with Gasteiger partial charge in [-0.25, -0.2) is 4.90 Å². The molecule has 2 fully saturated rings. The van der Waals surface area contributed by atoms with Gasteiger partial charge in [0.15, 0.2) is 0 Å². The predicted octanol–water partition coefficient (Wildman–Crippen LogP) is 2.98. The lowest BCUT2D eigenvalue weighted by Gasteiger charge is -2.27. The minimum Gasteiger partial charge on any atom is -0.334 e. The molecule has 0 spiro atoms. The van der Waals surface area contributed by atoms with E-state index in [2.05, 4.69) is 23.9 Å². The summed E-state index contributed by atoms with van der Waals surface area (Å²) in [6.07, 6.45) is 13.3. The highest BCUT2D eigenvalue weighted by Crippen LogP contribution is 2.42. The van der Waals surface area contributed by atoms with Crippen molar-refractivity contribution in [2.24, 2.45) is 0 Å². The molecule has 3 rings (SSSR count). The smallest absolute Gasteiger partial charge is 0.259 e.